The number of rotatable bonds is 6. The van der Waals surface area contributed by atoms with Gasteiger partial charge in [-0.25, -0.2) is 9.59 Å². The average Bonchev–Trinajstić information content (AvgIpc) is 2.71. The van der Waals surface area contributed by atoms with Crippen molar-refractivity contribution in [2.45, 2.75) is 13.3 Å². The molecule has 0 unspecified atom stereocenters. The minimum absolute atomic E-state index is 0.00285. The zero-order chi connectivity index (χ0) is 21.8. The lowest BCUT2D eigenvalue weighted by molar-refractivity contribution is -0.385. The molecule has 0 aliphatic heterocycles. The molecule has 1 amide bonds. The van der Waals surface area contributed by atoms with E-state index in [0.29, 0.717) is 18.4 Å². The van der Waals surface area contributed by atoms with E-state index >= 15 is 0 Å². The van der Waals surface area contributed by atoms with Crippen LogP contribution < -0.4 is 15.7 Å². The molecule has 10 heteroatoms. The average molecular weight is 431 g/mol. The van der Waals surface area contributed by atoms with Gasteiger partial charge in [0.15, 0.2) is 0 Å². The molecule has 9 nitrogen and oxygen atoms in total. The lowest BCUT2D eigenvalue weighted by Crippen LogP contribution is -2.28. The number of esters is 1. The molecule has 0 saturated heterocycles. The summed E-state index contributed by atoms with van der Waals surface area (Å²) >= 11 is 5.74. The summed E-state index contributed by atoms with van der Waals surface area (Å²) in [6.45, 7) is 2.30. The molecule has 1 aromatic heterocycles. The Hall–Kier alpha value is -3.72. The van der Waals surface area contributed by atoms with Crippen molar-refractivity contribution in [2.75, 3.05) is 6.54 Å². The van der Waals surface area contributed by atoms with Crippen LogP contribution in [0, 0.1) is 10.1 Å². The molecule has 1 N–H and O–H groups in total. The summed E-state index contributed by atoms with van der Waals surface area (Å²) in [7, 11) is 0. The maximum atomic E-state index is 12.4. The maximum absolute atomic E-state index is 12.4. The first kappa shape index (κ1) is 21.0. The number of nitrogens with zero attached hydrogens (tertiary/aromatic N) is 1. The number of hydrogen-bond acceptors (Lipinski definition) is 7. The van der Waals surface area contributed by atoms with Gasteiger partial charge in [0.2, 0.25) is 0 Å². The zero-order valence-corrected chi connectivity index (χ0v) is 16.4. The molecular weight excluding hydrogens is 416 g/mol. The number of amides is 1. The fourth-order valence-electron chi connectivity index (χ4n) is 2.64. The number of nitro groups is 1. The Morgan fingerprint density at radius 3 is 2.63 bits per heavy atom. The number of carbonyl (C=O) groups is 2. The number of benzene rings is 2. The molecule has 0 atom stereocenters. The van der Waals surface area contributed by atoms with Gasteiger partial charge in [-0.3, -0.25) is 14.9 Å². The topological polar surface area (TPSA) is 129 Å². The summed E-state index contributed by atoms with van der Waals surface area (Å²) in [5.41, 5.74) is -1.68. The largest absolute Gasteiger partial charge is 0.423 e. The van der Waals surface area contributed by atoms with Crippen LogP contribution in [-0.4, -0.2) is 23.3 Å². The first-order chi connectivity index (χ1) is 14.3. The van der Waals surface area contributed by atoms with Crippen LogP contribution in [0.4, 0.5) is 5.69 Å². The third-order valence-corrected chi connectivity index (χ3v) is 4.31. The highest BCUT2D eigenvalue weighted by Gasteiger charge is 2.23. The molecule has 0 bridgehead atoms. The van der Waals surface area contributed by atoms with Crippen molar-refractivity contribution < 1.29 is 23.7 Å². The molecule has 2 aromatic carbocycles. The lowest BCUT2D eigenvalue weighted by Gasteiger charge is -2.07. The van der Waals surface area contributed by atoms with E-state index in [0.717, 1.165) is 6.07 Å². The highest BCUT2D eigenvalue weighted by Crippen LogP contribution is 2.26. The Balaban J connectivity index is 1.90. The third-order valence-electron chi connectivity index (χ3n) is 4.07. The fourth-order valence-corrected chi connectivity index (χ4v) is 2.80. The maximum Gasteiger partial charge on any atom is 0.350 e. The van der Waals surface area contributed by atoms with Crippen LogP contribution in [0.1, 0.15) is 34.1 Å². The molecule has 3 aromatic rings. The predicted octanol–water partition coefficient (Wildman–Crippen LogP) is 3.71. The van der Waals surface area contributed by atoms with E-state index in [4.69, 9.17) is 20.8 Å². The quantitative estimate of drug-likeness (QED) is 0.207. The Labute approximate surface area is 174 Å². The van der Waals surface area contributed by atoms with Gasteiger partial charge in [-0.05, 0) is 36.8 Å². The summed E-state index contributed by atoms with van der Waals surface area (Å²) in [6.07, 6.45) is 0.713. The molecule has 154 valence electrons. The van der Waals surface area contributed by atoms with Crippen LogP contribution in [-0.2, 0) is 0 Å². The van der Waals surface area contributed by atoms with Gasteiger partial charge in [0, 0.05) is 29.1 Å². The monoisotopic (exact) mass is 430 g/mol. The second-order valence-corrected chi connectivity index (χ2v) is 6.65. The molecule has 0 radical (unpaired) electrons. The molecular formula is C20H15ClN2O7. The second-order valence-electron chi connectivity index (χ2n) is 6.21. The van der Waals surface area contributed by atoms with E-state index < -0.39 is 28.1 Å². The van der Waals surface area contributed by atoms with E-state index in [9.17, 15) is 24.5 Å². The highest BCUT2D eigenvalue weighted by molar-refractivity contribution is 6.31. The summed E-state index contributed by atoms with van der Waals surface area (Å²) in [6, 6.07) is 9.12. The molecule has 1 heterocycles. The van der Waals surface area contributed by atoms with E-state index in [2.05, 4.69) is 5.32 Å². The van der Waals surface area contributed by atoms with Gasteiger partial charge in [-0.2, -0.15) is 0 Å². The van der Waals surface area contributed by atoms with Crippen LogP contribution in [0.3, 0.4) is 0 Å². The van der Waals surface area contributed by atoms with Gasteiger partial charge in [0.05, 0.1) is 4.92 Å². The minimum Gasteiger partial charge on any atom is -0.423 e. The lowest BCUT2D eigenvalue weighted by atomic mass is 10.1. The number of hydrogen-bond donors (Lipinski definition) is 1. The van der Waals surface area contributed by atoms with Crippen LogP contribution >= 0.6 is 11.6 Å². The molecule has 0 saturated carbocycles. The minimum atomic E-state index is -0.976. The van der Waals surface area contributed by atoms with Crippen molar-refractivity contribution in [1.82, 2.24) is 5.32 Å². The first-order valence-electron chi connectivity index (χ1n) is 8.82. The first-order valence-corrected chi connectivity index (χ1v) is 9.20. The summed E-state index contributed by atoms with van der Waals surface area (Å²) in [5.74, 6) is -1.52. The standard InChI is InChI=1S/C20H15ClN2O7/c1-2-7-22-18(24)15-8-11-3-5-13(10-17(11)30-20(15)26)29-19(25)14-6-4-12(21)9-16(14)23(27)28/h3-6,8-10H,2,7H2,1H3,(H,22,24). The highest BCUT2D eigenvalue weighted by atomic mass is 35.5. The summed E-state index contributed by atoms with van der Waals surface area (Å²) < 4.78 is 10.3. The number of carbonyl (C=O) groups excluding carboxylic acids is 2. The van der Waals surface area contributed by atoms with E-state index in [1.165, 1.54) is 36.4 Å². The van der Waals surface area contributed by atoms with Crippen molar-refractivity contribution in [3.63, 3.8) is 0 Å². The van der Waals surface area contributed by atoms with Crippen molar-refractivity contribution in [3.8, 4) is 5.75 Å². The summed E-state index contributed by atoms with van der Waals surface area (Å²) in [4.78, 5) is 47.0. The van der Waals surface area contributed by atoms with E-state index in [1.807, 2.05) is 6.92 Å². The van der Waals surface area contributed by atoms with E-state index in [-0.39, 0.29) is 27.5 Å². The Morgan fingerprint density at radius 2 is 1.93 bits per heavy atom. The van der Waals surface area contributed by atoms with Gasteiger partial charge in [0.1, 0.15) is 22.5 Å². The summed E-state index contributed by atoms with van der Waals surface area (Å²) in [5, 5.41) is 14.3. The van der Waals surface area contributed by atoms with Crippen molar-refractivity contribution in [2.24, 2.45) is 0 Å². The fraction of sp³-hybridized carbons (Fsp3) is 0.150. The molecule has 3 rings (SSSR count). The molecule has 0 aliphatic rings. The van der Waals surface area contributed by atoms with Crippen molar-refractivity contribution >= 4 is 40.1 Å². The van der Waals surface area contributed by atoms with Gasteiger partial charge in [-0.15, -0.1) is 0 Å². The van der Waals surface area contributed by atoms with E-state index in [1.54, 1.807) is 0 Å². The van der Waals surface area contributed by atoms with Crippen LogP contribution in [0.15, 0.2) is 51.7 Å². The van der Waals surface area contributed by atoms with Gasteiger partial charge >= 0.3 is 11.6 Å². The van der Waals surface area contributed by atoms with Crippen LogP contribution in [0.2, 0.25) is 5.02 Å². The molecule has 0 fully saturated rings. The Morgan fingerprint density at radius 1 is 1.17 bits per heavy atom. The number of nitro benzene ring substituents is 1. The van der Waals surface area contributed by atoms with Crippen molar-refractivity contribution in [1.29, 1.82) is 0 Å². The smallest absolute Gasteiger partial charge is 0.350 e. The number of ether oxygens (including phenoxy) is 1. The zero-order valence-electron chi connectivity index (χ0n) is 15.6. The molecule has 0 spiro atoms. The van der Waals surface area contributed by atoms with Gasteiger partial charge in [-0.1, -0.05) is 18.5 Å². The van der Waals surface area contributed by atoms with Gasteiger partial charge < -0.3 is 14.5 Å². The molecule has 30 heavy (non-hydrogen) atoms. The second kappa shape index (κ2) is 8.75. The Kier molecular flexibility index (Phi) is 6.12. The number of halogens is 1. The van der Waals surface area contributed by atoms with Crippen LogP contribution in [0.5, 0.6) is 5.75 Å². The predicted molar refractivity (Wildman–Crippen MR) is 108 cm³/mol. The SMILES string of the molecule is CCCNC(=O)c1cc2ccc(OC(=O)c3ccc(Cl)cc3[N+](=O)[O-])cc2oc1=O. The number of fused-ring (bicyclic) bond motifs is 1. The number of nitrogens with one attached hydrogen (secondary N) is 1. The van der Waals surface area contributed by atoms with Crippen molar-refractivity contribution in [3.05, 3.63) is 79.1 Å². The molecule has 0 aliphatic carbocycles. The normalized spacial score (nSPS) is 10.6. The van der Waals surface area contributed by atoms with Crippen LogP contribution in [0.25, 0.3) is 11.0 Å². The van der Waals surface area contributed by atoms with Gasteiger partial charge in [0.25, 0.3) is 11.6 Å². The third kappa shape index (κ3) is 4.47. The Bertz CT molecular complexity index is 1220.